The average Bonchev–Trinajstić information content (AvgIpc) is 2.29. The molecule has 0 amide bonds. The number of aryl methyl sites for hydroxylation is 1. The van der Waals surface area contributed by atoms with Crippen molar-refractivity contribution in [2.24, 2.45) is 0 Å². The molecule has 0 atom stereocenters. The van der Waals surface area contributed by atoms with Crippen LogP contribution in [0, 0.1) is 6.92 Å². The second-order valence-corrected chi connectivity index (χ2v) is 4.73. The highest BCUT2D eigenvalue weighted by Crippen LogP contribution is 2.28. The fraction of sp³-hybridized carbons (Fsp3) is 0.0714. The predicted molar refractivity (Wildman–Crippen MR) is 71.3 cm³/mol. The lowest BCUT2D eigenvalue weighted by Gasteiger charge is -2.09. The molecule has 2 aromatic carbocycles. The molecule has 2 aromatic rings. The first kappa shape index (κ1) is 11.9. The number of halogens is 1. The van der Waals surface area contributed by atoms with Crippen molar-refractivity contribution in [3.63, 3.8) is 0 Å². The standard InChI is InChI=1S/C14H11BrO2/c1-9-8-10(15)6-7-11(9)12-4-2-3-5-13(12)14(16)17/h2-8H,1H3,(H,16,17). The van der Waals surface area contributed by atoms with E-state index in [1.807, 2.05) is 37.3 Å². The van der Waals surface area contributed by atoms with Crippen LogP contribution in [0.15, 0.2) is 46.9 Å². The molecular weight excluding hydrogens is 280 g/mol. The summed E-state index contributed by atoms with van der Waals surface area (Å²) in [4.78, 5) is 11.2. The monoisotopic (exact) mass is 290 g/mol. The maximum Gasteiger partial charge on any atom is 0.336 e. The lowest BCUT2D eigenvalue weighted by molar-refractivity contribution is 0.0698. The summed E-state index contributed by atoms with van der Waals surface area (Å²) in [5, 5.41) is 9.16. The third-order valence-electron chi connectivity index (χ3n) is 2.64. The minimum Gasteiger partial charge on any atom is -0.478 e. The van der Waals surface area contributed by atoms with E-state index in [1.165, 1.54) is 0 Å². The molecule has 0 radical (unpaired) electrons. The number of carbonyl (C=O) groups is 1. The van der Waals surface area contributed by atoms with Gasteiger partial charge in [-0.1, -0.05) is 40.2 Å². The molecule has 0 bridgehead atoms. The van der Waals surface area contributed by atoms with E-state index in [4.69, 9.17) is 5.11 Å². The van der Waals surface area contributed by atoms with Gasteiger partial charge in [0.2, 0.25) is 0 Å². The normalized spacial score (nSPS) is 10.2. The lowest BCUT2D eigenvalue weighted by atomic mass is 9.96. The molecule has 1 N–H and O–H groups in total. The van der Waals surface area contributed by atoms with Gasteiger partial charge in [0, 0.05) is 4.47 Å². The summed E-state index contributed by atoms with van der Waals surface area (Å²) in [6.07, 6.45) is 0. The second kappa shape index (κ2) is 4.72. The van der Waals surface area contributed by atoms with E-state index in [0.29, 0.717) is 5.56 Å². The molecule has 17 heavy (non-hydrogen) atoms. The zero-order valence-corrected chi connectivity index (χ0v) is 10.9. The molecule has 0 spiro atoms. The van der Waals surface area contributed by atoms with Crippen molar-refractivity contribution in [3.8, 4) is 11.1 Å². The van der Waals surface area contributed by atoms with E-state index in [1.54, 1.807) is 12.1 Å². The van der Waals surface area contributed by atoms with Crippen LogP contribution in [0.5, 0.6) is 0 Å². The summed E-state index contributed by atoms with van der Waals surface area (Å²) in [6, 6.07) is 12.9. The van der Waals surface area contributed by atoms with Gasteiger partial charge in [-0.3, -0.25) is 0 Å². The fourth-order valence-electron chi connectivity index (χ4n) is 1.83. The molecule has 0 fully saturated rings. The summed E-state index contributed by atoms with van der Waals surface area (Å²) >= 11 is 3.40. The van der Waals surface area contributed by atoms with E-state index in [9.17, 15) is 4.79 Å². The van der Waals surface area contributed by atoms with Gasteiger partial charge in [-0.05, 0) is 41.8 Å². The van der Waals surface area contributed by atoms with Gasteiger partial charge in [-0.25, -0.2) is 4.79 Å². The molecule has 0 unspecified atom stereocenters. The highest BCUT2D eigenvalue weighted by atomic mass is 79.9. The fourth-order valence-corrected chi connectivity index (χ4v) is 2.31. The summed E-state index contributed by atoms with van der Waals surface area (Å²) < 4.78 is 0.992. The zero-order chi connectivity index (χ0) is 12.4. The van der Waals surface area contributed by atoms with Crippen molar-refractivity contribution in [1.29, 1.82) is 0 Å². The van der Waals surface area contributed by atoms with Crippen LogP contribution in [-0.2, 0) is 0 Å². The summed E-state index contributed by atoms with van der Waals surface area (Å²) in [5.41, 5.74) is 3.09. The average molecular weight is 291 g/mol. The van der Waals surface area contributed by atoms with Gasteiger partial charge in [-0.15, -0.1) is 0 Å². The summed E-state index contributed by atoms with van der Waals surface area (Å²) in [5.74, 6) is -0.900. The Balaban J connectivity index is 2.64. The molecule has 0 aliphatic carbocycles. The molecule has 0 heterocycles. The largest absolute Gasteiger partial charge is 0.478 e. The molecule has 0 saturated heterocycles. The van der Waals surface area contributed by atoms with Crippen LogP contribution in [0.2, 0.25) is 0 Å². The number of aromatic carboxylic acids is 1. The van der Waals surface area contributed by atoms with Crippen molar-refractivity contribution < 1.29 is 9.90 Å². The number of rotatable bonds is 2. The number of carboxylic acids is 1. The molecule has 2 rings (SSSR count). The molecule has 0 aliphatic rings. The highest BCUT2D eigenvalue weighted by molar-refractivity contribution is 9.10. The number of carboxylic acid groups (broad SMARTS) is 1. The van der Waals surface area contributed by atoms with Crippen LogP contribution >= 0.6 is 15.9 Å². The summed E-state index contributed by atoms with van der Waals surface area (Å²) in [6.45, 7) is 1.97. The van der Waals surface area contributed by atoms with Crippen LogP contribution in [0.25, 0.3) is 11.1 Å². The van der Waals surface area contributed by atoms with Crippen molar-refractivity contribution in [2.45, 2.75) is 6.92 Å². The smallest absolute Gasteiger partial charge is 0.336 e. The molecule has 2 nitrogen and oxygen atoms in total. The predicted octanol–water partition coefficient (Wildman–Crippen LogP) is 4.12. The van der Waals surface area contributed by atoms with Gasteiger partial charge in [0.25, 0.3) is 0 Å². The Morgan fingerprint density at radius 2 is 1.82 bits per heavy atom. The van der Waals surface area contributed by atoms with Gasteiger partial charge in [0.1, 0.15) is 0 Å². The van der Waals surface area contributed by atoms with Gasteiger partial charge < -0.3 is 5.11 Å². The van der Waals surface area contributed by atoms with Gasteiger partial charge in [0.05, 0.1) is 5.56 Å². The molecule has 0 saturated carbocycles. The first-order valence-electron chi connectivity index (χ1n) is 5.18. The Labute approximate surface area is 108 Å². The molecule has 3 heteroatoms. The Kier molecular flexibility index (Phi) is 3.29. The molecular formula is C14H11BrO2. The minimum absolute atomic E-state index is 0.331. The van der Waals surface area contributed by atoms with E-state index in [-0.39, 0.29) is 0 Å². The van der Waals surface area contributed by atoms with Crippen LogP contribution < -0.4 is 0 Å². The number of hydrogen-bond donors (Lipinski definition) is 1. The van der Waals surface area contributed by atoms with Crippen LogP contribution in [0.1, 0.15) is 15.9 Å². The third-order valence-corrected chi connectivity index (χ3v) is 3.13. The maximum absolute atomic E-state index is 11.2. The quantitative estimate of drug-likeness (QED) is 0.903. The van der Waals surface area contributed by atoms with Crippen molar-refractivity contribution in [1.82, 2.24) is 0 Å². The van der Waals surface area contributed by atoms with E-state index >= 15 is 0 Å². The van der Waals surface area contributed by atoms with Crippen molar-refractivity contribution in [3.05, 3.63) is 58.1 Å². The third kappa shape index (κ3) is 2.39. The minimum atomic E-state index is -0.900. The first-order valence-corrected chi connectivity index (χ1v) is 5.98. The Bertz CT molecular complexity index is 576. The van der Waals surface area contributed by atoms with Crippen molar-refractivity contribution in [2.75, 3.05) is 0 Å². The zero-order valence-electron chi connectivity index (χ0n) is 9.27. The number of hydrogen-bond acceptors (Lipinski definition) is 1. The Hall–Kier alpha value is -1.61. The number of benzene rings is 2. The van der Waals surface area contributed by atoms with Gasteiger partial charge >= 0.3 is 5.97 Å². The maximum atomic E-state index is 11.2. The van der Waals surface area contributed by atoms with Gasteiger partial charge in [0.15, 0.2) is 0 Å². The lowest BCUT2D eigenvalue weighted by Crippen LogP contribution is -1.99. The molecule has 0 aliphatic heterocycles. The topological polar surface area (TPSA) is 37.3 Å². The van der Waals surface area contributed by atoms with Crippen LogP contribution in [0.3, 0.4) is 0 Å². The van der Waals surface area contributed by atoms with E-state index in [2.05, 4.69) is 15.9 Å². The van der Waals surface area contributed by atoms with Gasteiger partial charge in [-0.2, -0.15) is 0 Å². The molecule has 0 aromatic heterocycles. The van der Waals surface area contributed by atoms with E-state index < -0.39 is 5.97 Å². The second-order valence-electron chi connectivity index (χ2n) is 3.81. The van der Waals surface area contributed by atoms with Crippen LogP contribution in [0.4, 0.5) is 0 Å². The van der Waals surface area contributed by atoms with E-state index in [0.717, 1.165) is 21.2 Å². The molecule has 86 valence electrons. The van der Waals surface area contributed by atoms with Crippen molar-refractivity contribution >= 4 is 21.9 Å². The summed E-state index contributed by atoms with van der Waals surface area (Å²) in [7, 11) is 0. The first-order chi connectivity index (χ1) is 8.09. The van der Waals surface area contributed by atoms with Crippen LogP contribution in [-0.4, -0.2) is 11.1 Å². The Morgan fingerprint density at radius 3 is 2.47 bits per heavy atom. The Morgan fingerprint density at radius 1 is 1.12 bits per heavy atom. The highest BCUT2D eigenvalue weighted by Gasteiger charge is 2.12. The SMILES string of the molecule is Cc1cc(Br)ccc1-c1ccccc1C(=O)O.